The minimum Gasteiger partial charge on any atom is -0.383 e. The van der Waals surface area contributed by atoms with Crippen molar-refractivity contribution < 1.29 is 4.39 Å². The molecule has 0 spiro atoms. The lowest BCUT2D eigenvalue weighted by atomic mass is 10.2. The Morgan fingerprint density at radius 3 is 2.84 bits per heavy atom. The van der Waals surface area contributed by atoms with Crippen LogP contribution in [-0.4, -0.2) is 24.5 Å². The van der Waals surface area contributed by atoms with Gasteiger partial charge in [-0.15, -0.1) is 0 Å². The molecule has 3 N–H and O–H groups in total. The van der Waals surface area contributed by atoms with Gasteiger partial charge in [0.05, 0.1) is 28.9 Å². The number of imidazole rings is 1. The molecule has 1 unspecified atom stereocenters. The Kier molecular flexibility index (Phi) is 3.91. The van der Waals surface area contributed by atoms with Crippen molar-refractivity contribution in [2.24, 2.45) is 0 Å². The number of nitrogens with one attached hydrogen (secondary N) is 1. The molecule has 0 amide bonds. The van der Waals surface area contributed by atoms with E-state index in [-0.39, 0.29) is 11.9 Å². The van der Waals surface area contributed by atoms with Crippen molar-refractivity contribution in [3.05, 3.63) is 58.1 Å². The van der Waals surface area contributed by atoms with Crippen LogP contribution in [0.3, 0.4) is 0 Å². The van der Waals surface area contributed by atoms with Gasteiger partial charge in [-0.25, -0.2) is 19.3 Å². The molecule has 25 heavy (non-hydrogen) atoms. The largest absolute Gasteiger partial charge is 0.383 e. The first-order valence-corrected chi connectivity index (χ1v) is 8.70. The molecule has 3 heterocycles. The van der Waals surface area contributed by atoms with Crippen molar-refractivity contribution >= 4 is 39.4 Å². The first kappa shape index (κ1) is 16.0. The van der Waals surface area contributed by atoms with Gasteiger partial charge in [0.15, 0.2) is 0 Å². The summed E-state index contributed by atoms with van der Waals surface area (Å²) in [6.45, 7) is 2.02. The first-order valence-electron chi connectivity index (χ1n) is 7.62. The maximum atomic E-state index is 14.0. The number of hydrogen-bond acceptors (Lipinski definition) is 4. The second-order valence-electron chi connectivity index (χ2n) is 5.68. The number of aromatic amines is 1. The highest BCUT2D eigenvalue weighted by molar-refractivity contribution is 14.1. The maximum absolute atomic E-state index is 14.0. The van der Waals surface area contributed by atoms with E-state index < -0.39 is 0 Å². The smallest absolute Gasteiger partial charge is 0.147 e. The van der Waals surface area contributed by atoms with E-state index in [1.807, 2.05) is 17.7 Å². The van der Waals surface area contributed by atoms with Gasteiger partial charge in [0.25, 0.3) is 0 Å². The van der Waals surface area contributed by atoms with Crippen LogP contribution in [0, 0.1) is 9.39 Å². The van der Waals surface area contributed by atoms with Gasteiger partial charge in [-0.05, 0) is 41.6 Å². The third kappa shape index (κ3) is 2.66. The summed E-state index contributed by atoms with van der Waals surface area (Å²) >= 11 is 2.22. The zero-order valence-corrected chi connectivity index (χ0v) is 15.4. The average molecular weight is 448 g/mol. The summed E-state index contributed by atoms with van der Waals surface area (Å²) < 4.78 is 17.0. The van der Waals surface area contributed by atoms with E-state index >= 15 is 0 Å². The molecule has 4 rings (SSSR count). The Bertz CT molecular complexity index is 1070. The number of benzene rings is 1. The van der Waals surface area contributed by atoms with E-state index in [9.17, 15) is 4.39 Å². The van der Waals surface area contributed by atoms with Crippen LogP contribution in [0.25, 0.3) is 22.4 Å². The van der Waals surface area contributed by atoms with E-state index in [0.717, 1.165) is 20.3 Å². The van der Waals surface area contributed by atoms with E-state index in [0.29, 0.717) is 17.2 Å². The number of H-pyrrole nitrogens is 1. The lowest BCUT2D eigenvalue weighted by molar-refractivity contribution is 0.628. The summed E-state index contributed by atoms with van der Waals surface area (Å²) in [5, 5.41) is 0.837. The molecule has 0 bridgehead atoms. The molecule has 1 atom stereocenters. The quantitative estimate of drug-likeness (QED) is 0.468. The molecule has 0 aliphatic carbocycles. The molecular weight excluding hydrogens is 434 g/mol. The van der Waals surface area contributed by atoms with Crippen molar-refractivity contribution in [2.45, 2.75) is 13.0 Å². The summed E-state index contributed by atoms with van der Waals surface area (Å²) in [4.78, 5) is 16.0. The molecule has 0 radical (unpaired) electrons. The summed E-state index contributed by atoms with van der Waals surface area (Å²) in [7, 11) is 0. The van der Waals surface area contributed by atoms with Crippen LogP contribution < -0.4 is 5.73 Å². The molecule has 0 aliphatic rings. The van der Waals surface area contributed by atoms with Gasteiger partial charge in [0.1, 0.15) is 29.4 Å². The van der Waals surface area contributed by atoms with Crippen molar-refractivity contribution in [3.8, 4) is 11.4 Å². The Hall–Kier alpha value is -2.49. The van der Waals surface area contributed by atoms with Crippen molar-refractivity contribution in [3.63, 3.8) is 0 Å². The summed E-state index contributed by atoms with van der Waals surface area (Å²) in [5.74, 6) is 0.648. The van der Waals surface area contributed by atoms with E-state index in [2.05, 4.69) is 42.5 Å². The molecule has 1 aromatic carbocycles. The standard InChI is InChI=1S/C17H14FIN6/c1-9(25-7-12(19)14-15(20)22-8-23-17(14)25)13-6-21-16(24-13)10-4-2-3-5-11(10)18/h2-9H,1H3,(H,21,24)(H2,20,22,23). The SMILES string of the molecule is CC(c1cnc(-c2ccccc2F)[nH]1)n1cc(I)c2c(N)ncnc21. The Morgan fingerprint density at radius 2 is 2.04 bits per heavy atom. The van der Waals surface area contributed by atoms with E-state index in [1.165, 1.54) is 12.4 Å². The molecule has 0 fully saturated rings. The topological polar surface area (TPSA) is 85.4 Å². The van der Waals surface area contributed by atoms with Crippen molar-refractivity contribution in [1.29, 1.82) is 0 Å². The predicted molar refractivity (Wildman–Crippen MR) is 102 cm³/mol. The normalized spacial score (nSPS) is 12.6. The Labute approximate surface area is 156 Å². The Balaban J connectivity index is 1.77. The highest BCUT2D eigenvalue weighted by atomic mass is 127. The molecule has 6 nitrogen and oxygen atoms in total. The minimum atomic E-state index is -0.308. The molecule has 0 aliphatic heterocycles. The predicted octanol–water partition coefficient (Wildman–Crippen LogP) is 3.76. The number of nitrogens with zero attached hydrogens (tertiary/aromatic N) is 4. The van der Waals surface area contributed by atoms with Crippen molar-refractivity contribution in [1.82, 2.24) is 24.5 Å². The number of halogens is 2. The second-order valence-corrected chi connectivity index (χ2v) is 6.85. The second kappa shape index (κ2) is 6.10. The van der Waals surface area contributed by atoms with Gasteiger partial charge in [0.2, 0.25) is 0 Å². The fraction of sp³-hybridized carbons (Fsp3) is 0.118. The third-order valence-corrected chi connectivity index (χ3v) is 5.00. The summed E-state index contributed by atoms with van der Waals surface area (Å²) in [6.07, 6.45) is 5.15. The number of rotatable bonds is 3. The number of anilines is 1. The summed E-state index contributed by atoms with van der Waals surface area (Å²) in [6, 6.07) is 6.48. The fourth-order valence-corrected chi connectivity index (χ4v) is 3.66. The molecule has 8 heteroatoms. The molecule has 4 aromatic rings. The minimum absolute atomic E-state index is 0.0756. The van der Waals surface area contributed by atoms with Crippen LogP contribution >= 0.6 is 22.6 Å². The van der Waals surface area contributed by atoms with E-state index in [1.54, 1.807) is 24.4 Å². The van der Waals surface area contributed by atoms with Crippen LogP contribution in [-0.2, 0) is 0 Å². The molecular formula is C17H14FIN6. The summed E-state index contributed by atoms with van der Waals surface area (Å²) in [5.41, 5.74) is 8.03. The lowest BCUT2D eigenvalue weighted by Gasteiger charge is -2.12. The van der Waals surface area contributed by atoms with Crippen LogP contribution in [0.15, 0.2) is 43.0 Å². The van der Waals surface area contributed by atoms with Gasteiger partial charge in [-0.1, -0.05) is 12.1 Å². The van der Waals surface area contributed by atoms with Crippen molar-refractivity contribution in [2.75, 3.05) is 5.73 Å². The average Bonchev–Trinajstić information content (AvgIpc) is 3.21. The van der Waals surface area contributed by atoms with Crippen LogP contribution in [0.5, 0.6) is 0 Å². The first-order chi connectivity index (χ1) is 12.1. The number of fused-ring (bicyclic) bond motifs is 1. The van der Waals surface area contributed by atoms with E-state index in [4.69, 9.17) is 5.73 Å². The van der Waals surface area contributed by atoms with Crippen LogP contribution in [0.1, 0.15) is 18.7 Å². The molecule has 0 saturated carbocycles. The maximum Gasteiger partial charge on any atom is 0.147 e. The fourth-order valence-electron chi connectivity index (χ4n) is 2.85. The van der Waals surface area contributed by atoms with Gasteiger partial charge in [-0.3, -0.25) is 0 Å². The highest BCUT2D eigenvalue weighted by Gasteiger charge is 2.19. The van der Waals surface area contributed by atoms with Gasteiger partial charge >= 0.3 is 0 Å². The monoisotopic (exact) mass is 448 g/mol. The third-order valence-electron chi connectivity index (χ3n) is 4.18. The molecule has 0 saturated heterocycles. The number of aromatic nitrogens is 5. The number of nitrogens with two attached hydrogens (primary N) is 1. The zero-order chi connectivity index (χ0) is 17.6. The van der Waals surface area contributed by atoms with Crippen LogP contribution in [0.4, 0.5) is 10.2 Å². The van der Waals surface area contributed by atoms with Gasteiger partial charge in [0, 0.05) is 9.77 Å². The van der Waals surface area contributed by atoms with Gasteiger partial charge in [-0.2, -0.15) is 0 Å². The number of nitrogen functional groups attached to an aromatic ring is 1. The highest BCUT2D eigenvalue weighted by Crippen LogP contribution is 2.30. The molecule has 3 aromatic heterocycles. The number of hydrogen-bond donors (Lipinski definition) is 2. The Morgan fingerprint density at radius 1 is 1.24 bits per heavy atom. The van der Waals surface area contributed by atoms with Gasteiger partial charge < -0.3 is 15.3 Å². The lowest BCUT2D eigenvalue weighted by Crippen LogP contribution is -2.07. The molecule has 126 valence electrons. The van der Waals surface area contributed by atoms with Crippen LogP contribution in [0.2, 0.25) is 0 Å². The zero-order valence-electron chi connectivity index (χ0n) is 13.2.